The highest BCUT2D eigenvalue weighted by Crippen LogP contribution is 2.35. The molecule has 4 nitrogen and oxygen atoms in total. The molecule has 26 heavy (non-hydrogen) atoms. The fourth-order valence-electron chi connectivity index (χ4n) is 3.68. The molecule has 0 radical (unpaired) electrons. The van der Waals surface area contributed by atoms with Crippen molar-refractivity contribution in [1.29, 1.82) is 0 Å². The lowest BCUT2D eigenvalue weighted by atomic mass is 9.74. The van der Waals surface area contributed by atoms with Crippen molar-refractivity contribution in [1.82, 2.24) is 10.6 Å². The lowest BCUT2D eigenvalue weighted by molar-refractivity contribution is 0.0531. The Morgan fingerprint density at radius 2 is 2.00 bits per heavy atom. The number of guanidine groups is 1. The SMILES string of the molecule is CCNC(=NCC1(c2ccccc2)CCOCC1)NCC1CCCS1.I. The smallest absolute Gasteiger partial charge is 0.191 e. The van der Waals surface area contributed by atoms with Crippen molar-refractivity contribution in [2.45, 2.75) is 43.3 Å². The number of ether oxygens (including phenoxy) is 1. The fourth-order valence-corrected chi connectivity index (χ4v) is 4.88. The first-order chi connectivity index (χ1) is 12.3. The maximum absolute atomic E-state index is 5.63. The van der Waals surface area contributed by atoms with Crippen LogP contribution < -0.4 is 10.6 Å². The van der Waals surface area contributed by atoms with Gasteiger partial charge in [0.25, 0.3) is 0 Å². The highest BCUT2D eigenvalue weighted by Gasteiger charge is 2.34. The van der Waals surface area contributed by atoms with E-state index in [0.717, 1.165) is 56.9 Å². The van der Waals surface area contributed by atoms with Crippen molar-refractivity contribution in [3.05, 3.63) is 35.9 Å². The summed E-state index contributed by atoms with van der Waals surface area (Å²) in [6, 6.07) is 10.9. The number of nitrogens with zero attached hydrogens (tertiary/aromatic N) is 1. The summed E-state index contributed by atoms with van der Waals surface area (Å²) in [5, 5.41) is 7.70. The van der Waals surface area contributed by atoms with Crippen molar-refractivity contribution in [2.75, 3.05) is 38.6 Å². The first-order valence-electron chi connectivity index (χ1n) is 9.59. The molecule has 0 aliphatic carbocycles. The van der Waals surface area contributed by atoms with Crippen molar-refractivity contribution in [3.8, 4) is 0 Å². The number of halogens is 1. The first kappa shape index (κ1) is 21.8. The van der Waals surface area contributed by atoms with Crippen LogP contribution in [0.4, 0.5) is 0 Å². The summed E-state index contributed by atoms with van der Waals surface area (Å²) in [4.78, 5) is 4.98. The minimum atomic E-state index is 0. The second kappa shape index (κ2) is 11.4. The number of rotatable bonds is 6. The van der Waals surface area contributed by atoms with E-state index in [2.05, 4.69) is 59.7 Å². The number of hydrogen-bond acceptors (Lipinski definition) is 3. The lowest BCUT2D eigenvalue weighted by Crippen LogP contribution is -2.42. The summed E-state index contributed by atoms with van der Waals surface area (Å²) in [7, 11) is 0. The van der Waals surface area contributed by atoms with Gasteiger partial charge in [-0.15, -0.1) is 24.0 Å². The molecule has 3 rings (SSSR count). The molecule has 0 amide bonds. The summed E-state index contributed by atoms with van der Waals surface area (Å²) < 4.78 is 5.63. The molecule has 2 saturated heterocycles. The van der Waals surface area contributed by atoms with E-state index in [-0.39, 0.29) is 29.4 Å². The number of thioether (sulfide) groups is 1. The second-order valence-corrected chi connectivity index (χ2v) is 8.38. The third kappa shape index (κ3) is 6.02. The zero-order valence-electron chi connectivity index (χ0n) is 15.7. The molecular formula is C20H32IN3OS. The van der Waals surface area contributed by atoms with Crippen LogP contribution in [0.5, 0.6) is 0 Å². The zero-order chi connectivity index (χ0) is 17.4. The van der Waals surface area contributed by atoms with Gasteiger partial charge in [-0.25, -0.2) is 0 Å². The summed E-state index contributed by atoms with van der Waals surface area (Å²) in [6.07, 6.45) is 4.75. The largest absolute Gasteiger partial charge is 0.381 e. The minimum Gasteiger partial charge on any atom is -0.381 e. The van der Waals surface area contributed by atoms with Crippen LogP contribution in [-0.2, 0) is 10.2 Å². The van der Waals surface area contributed by atoms with Gasteiger partial charge in [0.1, 0.15) is 0 Å². The average molecular weight is 489 g/mol. The van der Waals surface area contributed by atoms with Crippen LogP contribution in [0.25, 0.3) is 0 Å². The lowest BCUT2D eigenvalue weighted by Gasteiger charge is -2.36. The van der Waals surface area contributed by atoms with Gasteiger partial charge in [-0.05, 0) is 43.9 Å². The summed E-state index contributed by atoms with van der Waals surface area (Å²) in [6.45, 7) is 6.50. The molecule has 2 N–H and O–H groups in total. The predicted octanol–water partition coefficient (Wildman–Crippen LogP) is 3.80. The van der Waals surface area contributed by atoms with Crippen molar-refractivity contribution in [3.63, 3.8) is 0 Å². The third-order valence-corrected chi connectivity index (χ3v) is 6.64. The predicted molar refractivity (Wildman–Crippen MR) is 123 cm³/mol. The molecule has 1 aromatic carbocycles. The Morgan fingerprint density at radius 3 is 2.65 bits per heavy atom. The fraction of sp³-hybridized carbons (Fsp3) is 0.650. The van der Waals surface area contributed by atoms with Crippen molar-refractivity contribution < 1.29 is 4.74 Å². The van der Waals surface area contributed by atoms with Gasteiger partial charge in [0, 0.05) is 37.0 Å². The number of benzene rings is 1. The van der Waals surface area contributed by atoms with Crippen LogP contribution in [-0.4, -0.2) is 49.8 Å². The standard InChI is InChI=1S/C20H31N3OS.HI/c1-2-21-19(22-15-18-9-6-14-25-18)23-16-20(10-12-24-13-11-20)17-7-4-3-5-8-17;/h3-5,7-8,18H,2,6,9-16H2,1H3,(H2,21,22,23);1H. The summed E-state index contributed by atoms with van der Waals surface area (Å²) in [5.74, 6) is 2.26. The molecule has 0 spiro atoms. The van der Waals surface area contributed by atoms with Gasteiger partial charge in [-0.3, -0.25) is 4.99 Å². The molecule has 0 bridgehead atoms. The van der Waals surface area contributed by atoms with E-state index >= 15 is 0 Å². The zero-order valence-corrected chi connectivity index (χ0v) is 18.9. The van der Waals surface area contributed by atoms with E-state index in [0.29, 0.717) is 0 Å². The van der Waals surface area contributed by atoms with Gasteiger partial charge in [0.2, 0.25) is 0 Å². The molecule has 1 unspecified atom stereocenters. The summed E-state index contributed by atoms with van der Waals surface area (Å²) >= 11 is 2.08. The number of aliphatic imine (C=N–C) groups is 1. The first-order valence-corrected chi connectivity index (χ1v) is 10.6. The number of hydrogen-bond donors (Lipinski definition) is 2. The van der Waals surface area contributed by atoms with Gasteiger partial charge in [-0.2, -0.15) is 11.8 Å². The molecule has 146 valence electrons. The van der Waals surface area contributed by atoms with E-state index in [1.165, 1.54) is 24.2 Å². The Morgan fingerprint density at radius 1 is 1.23 bits per heavy atom. The molecule has 2 fully saturated rings. The van der Waals surface area contributed by atoms with Crippen LogP contribution in [0.1, 0.15) is 38.2 Å². The van der Waals surface area contributed by atoms with Gasteiger partial charge in [0.05, 0.1) is 6.54 Å². The van der Waals surface area contributed by atoms with Crippen molar-refractivity contribution in [2.24, 2.45) is 4.99 Å². The van der Waals surface area contributed by atoms with Gasteiger partial charge < -0.3 is 15.4 Å². The van der Waals surface area contributed by atoms with E-state index in [9.17, 15) is 0 Å². The van der Waals surface area contributed by atoms with Gasteiger partial charge in [-0.1, -0.05) is 30.3 Å². The molecule has 6 heteroatoms. The average Bonchev–Trinajstić information content (AvgIpc) is 3.19. The maximum Gasteiger partial charge on any atom is 0.191 e. The topological polar surface area (TPSA) is 45.7 Å². The Balaban J connectivity index is 0.00000243. The Kier molecular flexibility index (Phi) is 9.56. The highest BCUT2D eigenvalue weighted by molar-refractivity contribution is 14.0. The van der Waals surface area contributed by atoms with Gasteiger partial charge >= 0.3 is 0 Å². The minimum absolute atomic E-state index is 0. The molecule has 0 saturated carbocycles. The van der Waals surface area contributed by atoms with Crippen LogP contribution in [0.2, 0.25) is 0 Å². The molecular weight excluding hydrogens is 457 g/mol. The molecule has 0 aromatic heterocycles. The van der Waals surface area contributed by atoms with E-state index in [1.54, 1.807) is 0 Å². The normalized spacial score (nSPS) is 22.5. The highest BCUT2D eigenvalue weighted by atomic mass is 127. The molecule has 1 atom stereocenters. The maximum atomic E-state index is 5.63. The van der Waals surface area contributed by atoms with Crippen LogP contribution >= 0.6 is 35.7 Å². The molecule has 1 aromatic rings. The van der Waals surface area contributed by atoms with E-state index in [1.807, 2.05) is 0 Å². The van der Waals surface area contributed by atoms with Crippen LogP contribution in [0.15, 0.2) is 35.3 Å². The second-order valence-electron chi connectivity index (χ2n) is 6.97. The van der Waals surface area contributed by atoms with Crippen LogP contribution in [0, 0.1) is 0 Å². The Labute approximate surface area is 179 Å². The molecule has 2 heterocycles. The van der Waals surface area contributed by atoms with E-state index < -0.39 is 0 Å². The molecule has 2 aliphatic rings. The third-order valence-electron chi connectivity index (χ3n) is 5.24. The van der Waals surface area contributed by atoms with Gasteiger partial charge in [0.15, 0.2) is 5.96 Å². The monoisotopic (exact) mass is 489 g/mol. The summed E-state index contributed by atoms with van der Waals surface area (Å²) in [5.41, 5.74) is 1.49. The molecule has 2 aliphatic heterocycles. The Hall–Kier alpha value is -0.470. The van der Waals surface area contributed by atoms with Crippen molar-refractivity contribution >= 4 is 41.7 Å². The van der Waals surface area contributed by atoms with Crippen LogP contribution in [0.3, 0.4) is 0 Å². The quantitative estimate of drug-likeness (QED) is 0.363. The Bertz CT molecular complexity index is 543. The van der Waals surface area contributed by atoms with E-state index in [4.69, 9.17) is 9.73 Å². The number of nitrogens with one attached hydrogen (secondary N) is 2.